The second-order valence-electron chi connectivity index (χ2n) is 4.39. The summed E-state index contributed by atoms with van der Waals surface area (Å²) in [6, 6.07) is 3.92. The molecule has 0 saturated heterocycles. The first kappa shape index (κ1) is 12.1. The van der Waals surface area contributed by atoms with Gasteiger partial charge in [-0.1, -0.05) is 6.42 Å². The van der Waals surface area contributed by atoms with E-state index in [9.17, 15) is 4.79 Å². The van der Waals surface area contributed by atoms with Crippen LogP contribution in [0.3, 0.4) is 0 Å². The van der Waals surface area contributed by atoms with E-state index in [0.717, 1.165) is 25.7 Å². The maximum atomic E-state index is 12.0. The van der Waals surface area contributed by atoms with Gasteiger partial charge in [-0.05, 0) is 30.7 Å². The first-order chi connectivity index (χ1) is 8.20. The predicted molar refractivity (Wildman–Crippen MR) is 67.6 cm³/mol. The summed E-state index contributed by atoms with van der Waals surface area (Å²) in [5, 5.41) is 14.1. The summed E-state index contributed by atoms with van der Waals surface area (Å²) in [6.07, 6.45) is 3.66. The Kier molecular flexibility index (Phi) is 3.77. The molecule has 1 aromatic rings. The van der Waals surface area contributed by atoms with Gasteiger partial charge in [0.25, 0.3) is 0 Å². The van der Waals surface area contributed by atoms with Crippen molar-refractivity contribution in [3.05, 3.63) is 17.0 Å². The van der Waals surface area contributed by atoms with E-state index in [2.05, 4.69) is 11.4 Å². The van der Waals surface area contributed by atoms with Gasteiger partial charge in [-0.3, -0.25) is 4.79 Å². The molecule has 1 aliphatic carbocycles. The molecule has 1 saturated carbocycles. The van der Waals surface area contributed by atoms with Crippen LogP contribution in [0, 0.1) is 17.2 Å². The summed E-state index contributed by atoms with van der Waals surface area (Å²) in [7, 11) is 0. The quantitative estimate of drug-likeness (QED) is 0.842. The molecule has 3 N–H and O–H groups in total. The summed E-state index contributed by atoms with van der Waals surface area (Å²) in [5.74, 6) is -0.00788. The molecule has 1 heterocycles. The molecule has 0 aromatic carbocycles. The molecule has 1 aromatic heterocycles. The zero-order chi connectivity index (χ0) is 12.3. The van der Waals surface area contributed by atoms with Gasteiger partial charge in [0.15, 0.2) is 0 Å². The molecule has 0 radical (unpaired) electrons. The minimum Gasteiger partial charge on any atom is -0.328 e. The van der Waals surface area contributed by atoms with E-state index < -0.39 is 0 Å². The van der Waals surface area contributed by atoms with Crippen LogP contribution in [-0.4, -0.2) is 11.9 Å². The van der Waals surface area contributed by atoms with E-state index in [-0.39, 0.29) is 17.9 Å². The van der Waals surface area contributed by atoms with Crippen LogP contribution >= 0.6 is 11.3 Å². The Morgan fingerprint density at radius 1 is 1.59 bits per heavy atom. The zero-order valence-corrected chi connectivity index (χ0v) is 10.3. The standard InChI is InChI=1S/C12H15N3OS/c13-7-9-4-5-17-12(9)15-11(16)8-2-1-3-10(14)6-8/h4-5,8,10H,1-3,6,14H2,(H,15,16). The molecule has 1 amide bonds. The average Bonchev–Trinajstić information content (AvgIpc) is 2.76. The van der Waals surface area contributed by atoms with Crippen LogP contribution < -0.4 is 11.1 Å². The SMILES string of the molecule is N#Cc1ccsc1NC(=O)C1CCCC(N)C1. The summed E-state index contributed by atoms with van der Waals surface area (Å²) >= 11 is 1.38. The number of thiophene rings is 1. The molecule has 90 valence electrons. The number of carbonyl (C=O) groups is 1. The number of amides is 1. The molecular formula is C12H15N3OS. The molecular weight excluding hydrogens is 234 g/mol. The van der Waals surface area contributed by atoms with Crippen molar-refractivity contribution in [2.24, 2.45) is 11.7 Å². The van der Waals surface area contributed by atoms with Crippen LogP contribution in [0.15, 0.2) is 11.4 Å². The largest absolute Gasteiger partial charge is 0.328 e. The third kappa shape index (κ3) is 2.84. The Balaban J connectivity index is 1.99. The number of nitrogens with zero attached hydrogens (tertiary/aromatic N) is 1. The van der Waals surface area contributed by atoms with Gasteiger partial charge in [0.05, 0.1) is 5.56 Å². The zero-order valence-electron chi connectivity index (χ0n) is 9.48. The first-order valence-corrected chi connectivity index (χ1v) is 6.62. The van der Waals surface area contributed by atoms with Crippen molar-refractivity contribution in [2.75, 3.05) is 5.32 Å². The van der Waals surface area contributed by atoms with Gasteiger partial charge >= 0.3 is 0 Å². The van der Waals surface area contributed by atoms with Crippen molar-refractivity contribution in [1.29, 1.82) is 5.26 Å². The van der Waals surface area contributed by atoms with Gasteiger partial charge in [-0.25, -0.2) is 0 Å². The minimum absolute atomic E-state index is 0.000833. The van der Waals surface area contributed by atoms with Crippen molar-refractivity contribution < 1.29 is 4.79 Å². The van der Waals surface area contributed by atoms with Gasteiger partial charge in [0.1, 0.15) is 11.1 Å². The van der Waals surface area contributed by atoms with E-state index in [1.54, 1.807) is 11.4 Å². The lowest BCUT2D eigenvalue weighted by atomic mass is 9.85. The lowest BCUT2D eigenvalue weighted by molar-refractivity contribution is -0.120. The van der Waals surface area contributed by atoms with Crippen molar-refractivity contribution in [2.45, 2.75) is 31.7 Å². The van der Waals surface area contributed by atoms with Crippen LogP contribution in [0.4, 0.5) is 5.00 Å². The third-order valence-corrected chi connectivity index (χ3v) is 3.94. The van der Waals surface area contributed by atoms with E-state index in [1.807, 2.05) is 0 Å². The first-order valence-electron chi connectivity index (χ1n) is 5.74. The molecule has 1 aliphatic rings. The Labute approximate surface area is 104 Å². The minimum atomic E-state index is -0.00704. The molecule has 2 rings (SSSR count). The number of hydrogen-bond acceptors (Lipinski definition) is 4. The van der Waals surface area contributed by atoms with Crippen molar-refractivity contribution in [1.82, 2.24) is 0 Å². The van der Waals surface area contributed by atoms with Crippen molar-refractivity contribution in [3.8, 4) is 6.07 Å². The fourth-order valence-electron chi connectivity index (χ4n) is 2.17. The Hall–Kier alpha value is -1.38. The maximum absolute atomic E-state index is 12.0. The maximum Gasteiger partial charge on any atom is 0.228 e. The normalized spacial score (nSPS) is 24.0. The van der Waals surface area contributed by atoms with E-state index in [0.29, 0.717) is 10.6 Å². The number of nitrogens with two attached hydrogens (primary N) is 1. The topological polar surface area (TPSA) is 78.9 Å². The highest BCUT2D eigenvalue weighted by Gasteiger charge is 2.25. The fourth-order valence-corrected chi connectivity index (χ4v) is 2.91. The van der Waals surface area contributed by atoms with Crippen molar-refractivity contribution >= 4 is 22.2 Å². The van der Waals surface area contributed by atoms with Crippen LogP contribution in [0.2, 0.25) is 0 Å². The third-order valence-electron chi connectivity index (χ3n) is 3.11. The van der Waals surface area contributed by atoms with Crippen LogP contribution in [0.5, 0.6) is 0 Å². The van der Waals surface area contributed by atoms with Gasteiger partial charge in [0.2, 0.25) is 5.91 Å². The molecule has 2 atom stereocenters. The summed E-state index contributed by atoms with van der Waals surface area (Å²) in [5.41, 5.74) is 6.39. The average molecular weight is 249 g/mol. The molecule has 0 aliphatic heterocycles. The molecule has 1 fully saturated rings. The Morgan fingerprint density at radius 2 is 2.41 bits per heavy atom. The second-order valence-corrected chi connectivity index (χ2v) is 5.30. The Bertz CT molecular complexity index is 449. The van der Waals surface area contributed by atoms with E-state index in [4.69, 9.17) is 11.0 Å². The molecule has 0 bridgehead atoms. The molecule has 4 nitrogen and oxygen atoms in total. The van der Waals surface area contributed by atoms with Gasteiger partial charge < -0.3 is 11.1 Å². The van der Waals surface area contributed by atoms with E-state index in [1.165, 1.54) is 11.3 Å². The summed E-state index contributed by atoms with van der Waals surface area (Å²) in [4.78, 5) is 12.0. The number of anilines is 1. The Morgan fingerprint density at radius 3 is 3.12 bits per heavy atom. The highest BCUT2D eigenvalue weighted by Crippen LogP contribution is 2.27. The summed E-state index contributed by atoms with van der Waals surface area (Å²) in [6.45, 7) is 0. The smallest absolute Gasteiger partial charge is 0.228 e. The molecule has 5 heteroatoms. The van der Waals surface area contributed by atoms with Crippen molar-refractivity contribution in [3.63, 3.8) is 0 Å². The van der Waals surface area contributed by atoms with Gasteiger partial charge in [-0.15, -0.1) is 11.3 Å². The highest BCUT2D eigenvalue weighted by molar-refractivity contribution is 7.14. The molecule has 17 heavy (non-hydrogen) atoms. The number of rotatable bonds is 2. The highest BCUT2D eigenvalue weighted by atomic mass is 32.1. The predicted octanol–water partition coefficient (Wildman–Crippen LogP) is 2.08. The number of hydrogen-bond donors (Lipinski definition) is 2. The monoisotopic (exact) mass is 249 g/mol. The second kappa shape index (κ2) is 5.30. The molecule has 0 spiro atoms. The number of nitriles is 1. The number of carbonyl (C=O) groups excluding carboxylic acids is 1. The molecule has 2 unspecified atom stereocenters. The fraction of sp³-hybridized carbons (Fsp3) is 0.500. The van der Waals surface area contributed by atoms with Crippen LogP contribution in [0.1, 0.15) is 31.2 Å². The lowest BCUT2D eigenvalue weighted by Crippen LogP contribution is -2.34. The van der Waals surface area contributed by atoms with E-state index >= 15 is 0 Å². The summed E-state index contributed by atoms with van der Waals surface area (Å²) < 4.78 is 0. The lowest BCUT2D eigenvalue weighted by Gasteiger charge is -2.25. The number of nitrogens with one attached hydrogen (secondary N) is 1. The van der Waals surface area contributed by atoms with Gasteiger partial charge in [-0.2, -0.15) is 5.26 Å². The van der Waals surface area contributed by atoms with Gasteiger partial charge in [0, 0.05) is 12.0 Å². The van der Waals surface area contributed by atoms with Crippen LogP contribution in [0.25, 0.3) is 0 Å². The van der Waals surface area contributed by atoms with Crippen LogP contribution in [-0.2, 0) is 4.79 Å².